The van der Waals surface area contributed by atoms with Gasteiger partial charge in [-0.3, -0.25) is 4.79 Å². The summed E-state index contributed by atoms with van der Waals surface area (Å²) in [5.41, 5.74) is 5.36. The van der Waals surface area contributed by atoms with Gasteiger partial charge in [0.25, 0.3) is 0 Å². The molecule has 0 saturated carbocycles. The lowest BCUT2D eigenvalue weighted by atomic mass is 10.3. The number of hydrogen-bond acceptors (Lipinski definition) is 3. The van der Waals surface area contributed by atoms with Gasteiger partial charge < -0.3 is 15.6 Å². The Morgan fingerprint density at radius 2 is 2.36 bits per heavy atom. The maximum Gasteiger partial charge on any atom is 0.244 e. The van der Waals surface area contributed by atoms with Crippen LogP contribution in [-0.2, 0) is 9.53 Å². The second kappa shape index (κ2) is 4.87. The number of hydrogen-bond donors (Lipinski definition) is 2. The van der Waals surface area contributed by atoms with E-state index in [1.54, 1.807) is 6.92 Å². The van der Waals surface area contributed by atoms with E-state index >= 15 is 0 Å². The van der Waals surface area contributed by atoms with Crippen LogP contribution in [0.4, 0.5) is 0 Å². The van der Waals surface area contributed by atoms with E-state index in [0.717, 1.165) is 0 Å². The van der Waals surface area contributed by atoms with Crippen LogP contribution in [0.1, 0.15) is 13.8 Å². The number of ether oxygens (including phenoxy) is 1. The first-order chi connectivity index (χ1) is 5.04. The highest BCUT2D eigenvalue weighted by molar-refractivity contribution is 5.91. The molecule has 0 saturated heterocycles. The first-order valence-electron chi connectivity index (χ1n) is 3.30. The molecule has 64 valence electrons. The fourth-order valence-electron chi connectivity index (χ4n) is 0.413. The van der Waals surface area contributed by atoms with Crippen molar-refractivity contribution in [2.24, 2.45) is 5.73 Å². The van der Waals surface area contributed by atoms with Crippen LogP contribution >= 0.6 is 0 Å². The summed E-state index contributed by atoms with van der Waals surface area (Å²) in [6, 6.07) is 0. The summed E-state index contributed by atoms with van der Waals surface area (Å²) >= 11 is 0. The summed E-state index contributed by atoms with van der Waals surface area (Å²) in [5, 5.41) is 8.64. The third kappa shape index (κ3) is 5.57. The molecule has 0 aromatic heterocycles. The maximum atomic E-state index is 10.4. The number of primary amides is 1. The third-order valence-corrected chi connectivity index (χ3v) is 1.12. The monoisotopic (exact) mass is 159 g/mol. The number of aliphatic hydroxyl groups excluding tert-OH is 1. The summed E-state index contributed by atoms with van der Waals surface area (Å²) < 4.78 is 4.73. The Labute approximate surface area is 65.6 Å². The minimum atomic E-state index is -0.813. The summed E-state index contributed by atoms with van der Waals surface area (Å²) in [6.07, 6.45) is 0.710. The highest BCUT2D eigenvalue weighted by Gasteiger charge is 1.96. The first kappa shape index (κ1) is 10.1. The summed E-state index contributed by atoms with van der Waals surface area (Å²) in [7, 11) is 0. The fraction of sp³-hybridized carbons (Fsp3) is 0.571. The Kier molecular flexibility index (Phi) is 4.49. The van der Waals surface area contributed by atoms with Crippen molar-refractivity contribution in [2.45, 2.75) is 20.1 Å². The molecule has 0 aromatic carbocycles. The smallest absolute Gasteiger partial charge is 0.244 e. The molecule has 0 heterocycles. The van der Waals surface area contributed by atoms with E-state index in [0.29, 0.717) is 5.57 Å². The van der Waals surface area contributed by atoms with E-state index in [1.165, 1.54) is 13.0 Å². The van der Waals surface area contributed by atoms with Crippen LogP contribution in [0.15, 0.2) is 11.6 Å². The van der Waals surface area contributed by atoms with Crippen LogP contribution in [0.25, 0.3) is 0 Å². The molecule has 0 aromatic rings. The van der Waals surface area contributed by atoms with Crippen LogP contribution in [-0.4, -0.2) is 23.9 Å². The number of carbonyl (C=O) groups excluding carboxylic acids is 1. The molecule has 0 aliphatic heterocycles. The lowest BCUT2D eigenvalue weighted by Gasteiger charge is -2.02. The molecule has 0 spiro atoms. The van der Waals surface area contributed by atoms with Crippen molar-refractivity contribution in [3.63, 3.8) is 0 Å². The van der Waals surface area contributed by atoms with Gasteiger partial charge in [-0.2, -0.15) is 0 Å². The number of aliphatic hydroxyl groups is 1. The minimum absolute atomic E-state index is 0.201. The van der Waals surface area contributed by atoms with E-state index in [2.05, 4.69) is 0 Å². The van der Waals surface area contributed by atoms with Gasteiger partial charge in [0.15, 0.2) is 6.29 Å². The normalized spacial score (nSPS) is 14.6. The Morgan fingerprint density at radius 3 is 2.73 bits per heavy atom. The van der Waals surface area contributed by atoms with Crippen molar-refractivity contribution < 1.29 is 14.6 Å². The second-order valence-corrected chi connectivity index (χ2v) is 2.18. The Morgan fingerprint density at radius 1 is 1.82 bits per heavy atom. The van der Waals surface area contributed by atoms with Gasteiger partial charge in [-0.25, -0.2) is 0 Å². The molecule has 11 heavy (non-hydrogen) atoms. The molecule has 1 unspecified atom stereocenters. The summed E-state index contributed by atoms with van der Waals surface area (Å²) in [5.74, 6) is -0.473. The standard InChI is InChI=1S/C7H13NO3/c1-5(7(8)10)3-4-11-6(2)9/h3,6,9H,4H2,1-2H3,(H2,8,10). The van der Waals surface area contributed by atoms with Gasteiger partial charge in [-0.05, 0) is 13.8 Å². The molecule has 0 bridgehead atoms. The van der Waals surface area contributed by atoms with Crippen LogP contribution in [0.5, 0.6) is 0 Å². The van der Waals surface area contributed by atoms with Crippen LogP contribution in [0, 0.1) is 0 Å². The zero-order valence-electron chi connectivity index (χ0n) is 6.70. The van der Waals surface area contributed by atoms with E-state index in [-0.39, 0.29) is 6.61 Å². The lowest BCUT2D eigenvalue weighted by Crippen LogP contribution is -2.13. The lowest BCUT2D eigenvalue weighted by molar-refractivity contribution is -0.114. The molecule has 0 fully saturated rings. The molecule has 4 heteroatoms. The van der Waals surface area contributed by atoms with Crippen molar-refractivity contribution in [3.05, 3.63) is 11.6 Å². The zero-order valence-corrected chi connectivity index (χ0v) is 6.70. The van der Waals surface area contributed by atoms with Gasteiger partial charge >= 0.3 is 0 Å². The van der Waals surface area contributed by atoms with E-state index in [4.69, 9.17) is 15.6 Å². The number of rotatable bonds is 4. The number of carbonyl (C=O) groups is 1. The fourth-order valence-corrected chi connectivity index (χ4v) is 0.413. The molecular weight excluding hydrogens is 146 g/mol. The largest absolute Gasteiger partial charge is 0.368 e. The topological polar surface area (TPSA) is 72.6 Å². The third-order valence-electron chi connectivity index (χ3n) is 1.12. The molecule has 4 nitrogen and oxygen atoms in total. The number of nitrogens with two attached hydrogens (primary N) is 1. The van der Waals surface area contributed by atoms with Gasteiger partial charge in [0, 0.05) is 5.57 Å². The Hall–Kier alpha value is -0.870. The number of amides is 1. The highest BCUT2D eigenvalue weighted by atomic mass is 16.6. The quantitative estimate of drug-likeness (QED) is 0.439. The Balaban J connectivity index is 3.65. The summed E-state index contributed by atoms with van der Waals surface area (Å²) in [4.78, 5) is 10.4. The highest BCUT2D eigenvalue weighted by Crippen LogP contribution is 1.91. The second-order valence-electron chi connectivity index (χ2n) is 2.18. The molecule has 0 aliphatic carbocycles. The molecule has 0 aliphatic rings. The van der Waals surface area contributed by atoms with E-state index in [1.807, 2.05) is 0 Å². The maximum absolute atomic E-state index is 10.4. The first-order valence-corrected chi connectivity index (χ1v) is 3.30. The van der Waals surface area contributed by atoms with Crippen molar-refractivity contribution >= 4 is 5.91 Å². The average molecular weight is 159 g/mol. The molecular formula is C7H13NO3. The molecule has 0 rings (SSSR count). The Bertz CT molecular complexity index is 163. The van der Waals surface area contributed by atoms with Gasteiger partial charge in [0.1, 0.15) is 0 Å². The molecule has 1 atom stereocenters. The molecule has 0 radical (unpaired) electrons. The molecule has 1 amide bonds. The van der Waals surface area contributed by atoms with Crippen LogP contribution in [0.2, 0.25) is 0 Å². The average Bonchev–Trinajstić information content (AvgIpc) is 1.86. The van der Waals surface area contributed by atoms with Gasteiger partial charge in [-0.15, -0.1) is 0 Å². The zero-order chi connectivity index (χ0) is 8.85. The minimum Gasteiger partial charge on any atom is -0.368 e. The molecule has 3 N–H and O–H groups in total. The van der Waals surface area contributed by atoms with Gasteiger partial charge in [0.05, 0.1) is 6.61 Å². The predicted molar refractivity (Wildman–Crippen MR) is 40.6 cm³/mol. The van der Waals surface area contributed by atoms with Gasteiger partial charge in [0.2, 0.25) is 5.91 Å². The summed E-state index contributed by atoms with van der Waals surface area (Å²) in [6.45, 7) is 3.29. The van der Waals surface area contributed by atoms with E-state index < -0.39 is 12.2 Å². The van der Waals surface area contributed by atoms with Gasteiger partial charge in [-0.1, -0.05) is 6.08 Å². The van der Waals surface area contributed by atoms with Crippen molar-refractivity contribution in [2.75, 3.05) is 6.61 Å². The van der Waals surface area contributed by atoms with Crippen molar-refractivity contribution in [1.82, 2.24) is 0 Å². The van der Waals surface area contributed by atoms with Crippen molar-refractivity contribution in [1.29, 1.82) is 0 Å². The van der Waals surface area contributed by atoms with E-state index in [9.17, 15) is 4.79 Å². The van der Waals surface area contributed by atoms with Crippen molar-refractivity contribution in [3.8, 4) is 0 Å². The predicted octanol–water partition coefficient (Wildman–Crippen LogP) is -0.227. The SMILES string of the molecule is CC(=CCOC(C)O)C(N)=O. The van der Waals surface area contributed by atoms with Crippen LogP contribution in [0.3, 0.4) is 0 Å². The van der Waals surface area contributed by atoms with Crippen LogP contribution < -0.4 is 5.73 Å².